The number of phenolic OH excluding ortho intramolecular Hbond substituents is 1. The first kappa shape index (κ1) is 27.0. The van der Waals surface area contributed by atoms with Gasteiger partial charge >= 0.3 is 12.1 Å². The van der Waals surface area contributed by atoms with Gasteiger partial charge in [-0.1, -0.05) is 0 Å². The van der Waals surface area contributed by atoms with Crippen LogP contribution in [0.2, 0.25) is 0 Å². The van der Waals surface area contributed by atoms with Gasteiger partial charge in [-0.15, -0.1) is 0 Å². The third kappa shape index (κ3) is 10.3. The molecule has 0 aliphatic carbocycles. The SMILES string of the molecule is Cc1cc(O)cc(C)c1CC(NCC(CCCNC(=N)N)NC(=O)OC(C)(C)C)C(=O)O. The van der Waals surface area contributed by atoms with Crippen molar-refractivity contribution in [2.75, 3.05) is 13.1 Å². The maximum atomic E-state index is 12.2. The number of carbonyl (C=O) groups is 2. The van der Waals surface area contributed by atoms with E-state index < -0.39 is 23.7 Å². The standard InChI is InChI=1S/C22H37N5O5/c1-13-9-16(28)10-14(2)17(13)11-18(19(29)30)26-12-15(7-6-8-25-20(23)24)27-21(31)32-22(3,4)5/h9-10,15,18,26,28H,6-8,11-12H2,1-5H3,(H,27,31)(H,29,30)(H4,23,24,25). The molecule has 10 nitrogen and oxygen atoms in total. The molecule has 2 unspecified atom stereocenters. The van der Waals surface area contributed by atoms with Gasteiger partial charge in [0.2, 0.25) is 0 Å². The molecule has 10 heteroatoms. The fraction of sp³-hybridized carbons (Fsp3) is 0.591. The largest absolute Gasteiger partial charge is 0.508 e. The smallest absolute Gasteiger partial charge is 0.407 e. The molecular weight excluding hydrogens is 414 g/mol. The van der Waals surface area contributed by atoms with Crippen molar-refractivity contribution in [2.24, 2.45) is 5.73 Å². The Labute approximate surface area is 189 Å². The van der Waals surface area contributed by atoms with Crippen LogP contribution in [-0.2, 0) is 16.0 Å². The highest BCUT2D eigenvalue weighted by Gasteiger charge is 2.24. The average Bonchev–Trinajstić information content (AvgIpc) is 2.61. The predicted octanol–water partition coefficient (Wildman–Crippen LogP) is 1.75. The van der Waals surface area contributed by atoms with Crippen LogP contribution in [-0.4, -0.2) is 59.0 Å². The molecule has 8 N–H and O–H groups in total. The summed E-state index contributed by atoms with van der Waals surface area (Å²) in [5, 5.41) is 35.2. The van der Waals surface area contributed by atoms with E-state index in [0.717, 1.165) is 16.7 Å². The van der Waals surface area contributed by atoms with Crippen molar-refractivity contribution in [3.05, 3.63) is 28.8 Å². The zero-order chi connectivity index (χ0) is 24.5. The van der Waals surface area contributed by atoms with Crippen LogP contribution in [0, 0.1) is 19.3 Å². The molecule has 0 bridgehead atoms. The molecule has 0 aromatic heterocycles. The molecule has 180 valence electrons. The van der Waals surface area contributed by atoms with E-state index in [1.165, 1.54) is 0 Å². The number of carboxylic acid groups (broad SMARTS) is 1. The molecular formula is C22H37N5O5. The monoisotopic (exact) mass is 451 g/mol. The Hall–Kier alpha value is -3.01. The number of nitrogens with one attached hydrogen (secondary N) is 4. The van der Waals surface area contributed by atoms with Crippen LogP contribution in [0.1, 0.15) is 50.3 Å². The summed E-state index contributed by atoms with van der Waals surface area (Å²) in [5.74, 6) is -0.999. The Balaban J connectivity index is 2.84. The lowest BCUT2D eigenvalue weighted by Gasteiger charge is -2.25. The molecule has 0 spiro atoms. The van der Waals surface area contributed by atoms with Crippen molar-refractivity contribution < 1.29 is 24.5 Å². The maximum Gasteiger partial charge on any atom is 0.407 e. The van der Waals surface area contributed by atoms with Gasteiger partial charge in [-0.2, -0.15) is 0 Å². The van der Waals surface area contributed by atoms with Gasteiger partial charge in [-0.25, -0.2) is 4.79 Å². The van der Waals surface area contributed by atoms with E-state index in [4.69, 9.17) is 15.9 Å². The van der Waals surface area contributed by atoms with Crippen LogP contribution < -0.4 is 21.7 Å². The molecule has 0 aliphatic rings. The Morgan fingerprint density at radius 1 is 1.22 bits per heavy atom. The first-order valence-electron chi connectivity index (χ1n) is 10.6. The Morgan fingerprint density at radius 3 is 2.31 bits per heavy atom. The van der Waals surface area contributed by atoms with Crippen molar-refractivity contribution in [1.82, 2.24) is 16.0 Å². The summed E-state index contributed by atoms with van der Waals surface area (Å²) < 4.78 is 5.32. The van der Waals surface area contributed by atoms with Gasteiger partial charge in [0, 0.05) is 19.1 Å². The number of rotatable bonds is 11. The highest BCUT2D eigenvalue weighted by molar-refractivity contribution is 5.74. The van der Waals surface area contributed by atoms with Crippen molar-refractivity contribution in [1.29, 1.82) is 5.41 Å². The van der Waals surface area contributed by atoms with Gasteiger partial charge < -0.3 is 36.6 Å². The first-order chi connectivity index (χ1) is 14.8. The molecule has 0 aliphatic heterocycles. The van der Waals surface area contributed by atoms with E-state index >= 15 is 0 Å². The minimum Gasteiger partial charge on any atom is -0.508 e. The highest BCUT2D eigenvalue weighted by Crippen LogP contribution is 2.22. The fourth-order valence-electron chi connectivity index (χ4n) is 3.30. The minimum absolute atomic E-state index is 0.134. The Morgan fingerprint density at radius 2 is 1.81 bits per heavy atom. The number of benzene rings is 1. The van der Waals surface area contributed by atoms with E-state index in [0.29, 0.717) is 19.4 Å². The molecule has 2 atom stereocenters. The molecule has 1 aromatic rings. The lowest BCUT2D eigenvalue weighted by atomic mass is 9.95. The van der Waals surface area contributed by atoms with Crippen LogP contribution in [0.15, 0.2) is 12.1 Å². The summed E-state index contributed by atoms with van der Waals surface area (Å²) in [7, 11) is 0. The summed E-state index contributed by atoms with van der Waals surface area (Å²) in [6, 6.07) is 1.95. The van der Waals surface area contributed by atoms with Crippen molar-refractivity contribution in [2.45, 2.75) is 71.6 Å². The number of amides is 1. The number of nitrogens with two attached hydrogens (primary N) is 1. The molecule has 0 fully saturated rings. The molecule has 1 amide bonds. The number of aryl methyl sites for hydroxylation is 2. The van der Waals surface area contributed by atoms with Gasteiger partial charge in [0.25, 0.3) is 0 Å². The first-order valence-corrected chi connectivity index (χ1v) is 10.6. The van der Waals surface area contributed by atoms with Gasteiger partial charge in [0.05, 0.1) is 0 Å². The molecule has 32 heavy (non-hydrogen) atoms. The lowest BCUT2D eigenvalue weighted by Crippen LogP contribution is -2.49. The van der Waals surface area contributed by atoms with Crippen LogP contribution >= 0.6 is 0 Å². The Bertz CT molecular complexity index is 783. The highest BCUT2D eigenvalue weighted by atomic mass is 16.6. The van der Waals surface area contributed by atoms with Gasteiger partial charge in [-0.05, 0) is 82.7 Å². The summed E-state index contributed by atoms with van der Waals surface area (Å²) in [5.41, 5.74) is 7.11. The topological polar surface area (TPSA) is 170 Å². The number of carboxylic acids is 1. The number of hydrogen-bond donors (Lipinski definition) is 7. The number of ether oxygens (including phenoxy) is 1. The second kappa shape index (κ2) is 12.1. The molecule has 0 heterocycles. The van der Waals surface area contributed by atoms with Crippen molar-refractivity contribution in [3.63, 3.8) is 0 Å². The Kier molecular flexibility index (Phi) is 10.2. The van der Waals surface area contributed by atoms with Crippen LogP contribution in [0.3, 0.4) is 0 Å². The zero-order valence-electron chi connectivity index (χ0n) is 19.5. The molecule has 1 aromatic carbocycles. The molecule has 0 radical (unpaired) electrons. The predicted molar refractivity (Wildman–Crippen MR) is 123 cm³/mol. The van der Waals surface area contributed by atoms with E-state index in [1.807, 2.05) is 13.8 Å². The summed E-state index contributed by atoms with van der Waals surface area (Å²) in [6.45, 7) is 9.62. The minimum atomic E-state index is -1.01. The normalized spacial score (nSPS) is 13.2. The molecule has 0 saturated carbocycles. The van der Waals surface area contributed by atoms with Gasteiger partial charge in [0.1, 0.15) is 17.4 Å². The maximum absolute atomic E-state index is 12.2. The molecule has 0 saturated heterocycles. The van der Waals surface area contributed by atoms with Crippen molar-refractivity contribution in [3.8, 4) is 5.75 Å². The third-order valence-electron chi connectivity index (χ3n) is 4.76. The van der Waals surface area contributed by atoms with E-state index in [-0.39, 0.29) is 30.7 Å². The van der Waals surface area contributed by atoms with Crippen LogP contribution in [0.25, 0.3) is 0 Å². The fourth-order valence-corrected chi connectivity index (χ4v) is 3.30. The summed E-state index contributed by atoms with van der Waals surface area (Å²) >= 11 is 0. The number of aromatic hydroxyl groups is 1. The van der Waals surface area contributed by atoms with E-state index in [9.17, 15) is 19.8 Å². The quantitative estimate of drug-likeness (QED) is 0.152. The second-order valence-corrected chi connectivity index (χ2v) is 8.89. The second-order valence-electron chi connectivity index (χ2n) is 8.89. The van der Waals surface area contributed by atoms with E-state index in [2.05, 4.69) is 16.0 Å². The number of alkyl carbamates (subject to hydrolysis) is 1. The zero-order valence-corrected chi connectivity index (χ0v) is 19.5. The third-order valence-corrected chi connectivity index (χ3v) is 4.76. The van der Waals surface area contributed by atoms with Gasteiger partial charge in [-0.3, -0.25) is 10.2 Å². The van der Waals surface area contributed by atoms with Crippen LogP contribution in [0.4, 0.5) is 4.79 Å². The van der Waals surface area contributed by atoms with E-state index in [1.54, 1.807) is 32.9 Å². The number of carbonyl (C=O) groups excluding carboxylic acids is 1. The molecule has 1 rings (SSSR count). The van der Waals surface area contributed by atoms with Crippen molar-refractivity contribution >= 4 is 18.0 Å². The lowest BCUT2D eigenvalue weighted by molar-refractivity contribution is -0.139. The number of hydrogen-bond acceptors (Lipinski definition) is 6. The number of aliphatic carboxylic acids is 1. The number of guanidine groups is 1. The van der Waals surface area contributed by atoms with Gasteiger partial charge in [0.15, 0.2) is 5.96 Å². The number of phenols is 1. The average molecular weight is 452 g/mol. The summed E-state index contributed by atoms with van der Waals surface area (Å²) in [6.07, 6.45) is 0.783. The van der Waals surface area contributed by atoms with Crippen LogP contribution in [0.5, 0.6) is 5.75 Å². The summed E-state index contributed by atoms with van der Waals surface area (Å²) in [4.78, 5) is 24.1.